The number of aromatic nitrogens is 5. The van der Waals surface area contributed by atoms with E-state index in [0.29, 0.717) is 16.5 Å². The van der Waals surface area contributed by atoms with Crippen molar-refractivity contribution in [1.82, 2.24) is 24.7 Å². The highest BCUT2D eigenvalue weighted by atomic mass is 16.2. The first-order valence-corrected chi connectivity index (χ1v) is 8.10. The molecule has 0 bridgehead atoms. The maximum Gasteiger partial charge on any atom is 0.329 e. The number of rotatable bonds is 4. The third-order valence-corrected chi connectivity index (χ3v) is 4.12. The smallest absolute Gasteiger partial charge is 0.307 e. The van der Waals surface area contributed by atoms with Crippen LogP contribution in [-0.2, 0) is 4.79 Å². The molecule has 134 valence electrons. The Hall–Kier alpha value is -4.01. The first kappa shape index (κ1) is 16.5. The Kier molecular flexibility index (Phi) is 4.09. The maximum atomic E-state index is 13.0. The van der Waals surface area contributed by atoms with Crippen molar-refractivity contribution in [2.45, 2.75) is 6.04 Å². The molecule has 9 nitrogen and oxygen atoms in total. The first-order valence-electron chi connectivity index (χ1n) is 8.10. The summed E-state index contributed by atoms with van der Waals surface area (Å²) in [4.78, 5) is 45.1. The van der Waals surface area contributed by atoms with Crippen LogP contribution in [0.2, 0.25) is 0 Å². The molecule has 4 rings (SSSR count). The molecule has 0 saturated carbocycles. The van der Waals surface area contributed by atoms with E-state index in [0.717, 1.165) is 4.57 Å². The molecule has 0 fully saturated rings. The highest BCUT2D eigenvalue weighted by Gasteiger charge is 2.27. The number of nitrogens with one attached hydrogen (secondary N) is 3. The van der Waals surface area contributed by atoms with Gasteiger partial charge in [0.2, 0.25) is 5.95 Å². The van der Waals surface area contributed by atoms with E-state index in [2.05, 4.69) is 25.5 Å². The van der Waals surface area contributed by atoms with Crippen molar-refractivity contribution in [3.8, 4) is 0 Å². The fourth-order valence-corrected chi connectivity index (χ4v) is 2.91. The molecule has 4 aromatic rings. The van der Waals surface area contributed by atoms with Crippen LogP contribution in [0.4, 0.5) is 5.95 Å². The summed E-state index contributed by atoms with van der Waals surface area (Å²) in [5.41, 5.74) is -0.347. The lowest BCUT2D eigenvalue weighted by molar-refractivity contribution is -0.118. The molecule has 1 amide bonds. The van der Waals surface area contributed by atoms with E-state index in [4.69, 9.17) is 0 Å². The van der Waals surface area contributed by atoms with Gasteiger partial charge in [-0.15, -0.1) is 0 Å². The molecule has 2 heterocycles. The van der Waals surface area contributed by atoms with Crippen molar-refractivity contribution < 1.29 is 4.79 Å². The summed E-state index contributed by atoms with van der Waals surface area (Å²) in [6, 6.07) is 14.0. The van der Waals surface area contributed by atoms with Crippen LogP contribution in [0.3, 0.4) is 0 Å². The molecule has 0 aliphatic heterocycles. The quantitative estimate of drug-likeness (QED) is 0.500. The Morgan fingerprint density at radius 2 is 1.78 bits per heavy atom. The molecule has 27 heavy (non-hydrogen) atoms. The van der Waals surface area contributed by atoms with Crippen LogP contribution in [0.15, 0.2) is 70.5 Å². The minimum Gasteiger partial charge on any atom is -0.307 e. The van der Waals surface area contributed by atoms with E-state index < -0.39 is 23.2 Å². The summed E-state index contributed by atoms with van der Waals surface area (Å²) >= 11 is 0. The summed E-state index contributed by atoms with van der Waals surface area (Å²) in [6.45, 7) is 0. The van der Waals surface area contributed by atoms with Crippen LogP contribution in [0.25, 0.3) is 10.9 Å². The van der Waals surface area contributed by atoms with E-state index in [9.17, 15) is 14.4 Å². The van der Waals surface area contributed by atoms with Gasteiger partial charge in [-0.2, -0.15) is 10.1 Å². The van der Waals surface area contributed by atoms with E-state index >= 15 is 0 Å². The number of carbonyl (C=O) groups excluding carboxylic acids is 1. The molecule has 3 N–H and O–H groups in total. The zero-order valence-electron chi connectivity index (χ0n) is 13.9. The number of amides is 1. The molecule has 0 unspecified atom stereocenters. The lowest BCUT2D eigenvalue weighted by Crippen LogP contribution is -2.43. The number of anilines is 1. The number of para-hydroxylation sites is 1. The third-order valence-electron chi connectivity index (χ3n) is 4.12. The minimum absolute atomic E-state index is 0.117. The molecule has 0 saturated heterocycles. The van der Waals surface area contributed by atoms with Gasteiger partial charge < -0.3 is 4.98 Å². The molecule has 1 atom stereocenters. The van der Waals surface area contributed by atoms with Crippen LogP contribution in [0.5, 0.6) is 0 Å². The number of nitrogens with zero attached hydrogens (tertiary/aromatic N) is 3. The molecule has 9 heteroatoms. The standard InChI is InChI=1S/C18H14N6O3/c25-15(22-17-19-10-20-23-17)14(11-6-2-1-3-7-11)24-16(26)12-8-4-5-9-13(12)21-18(24)27/h1-10,14H,(H,21,27)(H2,19,20,22,23,25)/t14-/m0/s1. The van der Waals surface area contributed by atoms with Crippen molar-refractivity contribution in [1.29, 1.82) is 0 Å². The Labute approximate surface area is 151 Å². The molecular weight excluding hydrogens is 348 g/mol. The van der Waals surface area contributed by atoms with Gasteiger partial charge in [0.1, 0.15) is 12.4 Å². The van der Waals surface area contributed by atoms with E-state index in [1.54, 1.807) is 54.6 Å². The second kappa shape index (κ2) is 6.71. The Balaban J connectivity index is 1.92. The minimum atomic E-state index is -1.18. The van der Waals surface area contributed by atoms with Gasteiger partial charge in [-0.3, -0.25) is 14.9 Å². The highest BCUT2D eigenvalue weighted by molar-refractivity contribution is 5.94. The summed E-state index contributed by atoms with van der Waals surface area (Å²) in [6.07, 6.45) is 1.24. The second-order valence-electron chi connectivity index (χ2n) is 5.79. The van der Waals surface area contributed by atoms with E-state index in [1.807, 2.05) is 0 Å². The zero-order chi connectivity index (χ0) is 18.8. The molecule has 0 aliphatic carbocycles. The van der Waals surface area contributed by atoms with Gasteiger partial charge in [-0.1, -0.05) is 42.5 Å². The topological polar surface area (TPSA) is 126 Å². The fourth-order valence-electron chi connectivity index (χ4n) is 2.91. The lowest BCUT2D eigenvalue weighted by atomic mass is 10.1. The second-order valence-corrected chi connectivity index (χ2v) is 5.79. The molecule has 0 spiro atoms. The van der Waals surface area contributed by atoms with Crippen molar-refractivity contribution in [2.24, 2.45) is 0 Å². The number of hydrogen-bond donors (Lipinski definition) is 3. The van der Waals surface area contributed by atoms with Crippen LogP contribution in [0, 0.1) is 0 Å². The predicted octanol–water partition coefficient (Wildman–Crippen LogP) is 1.04. The summed E-state index contributed by atoms with van der Waals surface area (Å²) in [5.74, 6) is -0.480. The fraction of sp³-hybridized carbons (Fsp3) is 0.0556. The zero-order valence-corrected chi connectivity index (χ0v) is 13.9. The van der Waals surface area contributed by atoms with Crippen molar-refractivity contribution in [3.05, 3.63) is 87.3 Å². The van der Waals surface area contributed by atoms with Crippen molar-refractivity contribution in [2.75, 3.05) is 5.32 Å². The SMILES string of the molecule is O=C(Nc1ncn[nH]1)[C@H](c1ccccc1)n1c(=O)[nH]c2ccccc2c1=O. The van der Waals surface area contributed by atoms with Gasteiger partial charge in [0, 0.05) is 0 Å². The molecule has 2 aromatic heterocycles. The highest BCUT2D eigenvalue weighted by Crippen LogP contribution is 2.18. The molecule has 2 aromatic carbocycles. The average Bonchev–Trinajstić information content (AvgIpc) is 3.18. The normalized spacial score (nSPS) is 12.0. The first-order chi connectivity index (χ1) is 13.1. The van der Waals surface area contributed by atoms with Gasteiger partial charge in [0.25, 0.3) is 11.5 Å². The number of H-pyrrole nitrogens is 2. The van der Waals surface area contributed by atoms with E-state index in [-0.39, 0.29) is 5.95 Å². The van der Waals surface area contributed by atoms with Crippen LogP contribution in [-0.4, -0.2) is 30.6 Å². The van der Waals surface area contributed by atoms with E-state index in [1.165, 1.54) is 6.33 Å². The molecular formula is C18H14N6O3. The van der Waals surface area contributed by atoms with Crippen molar-refractivity contribution >= 4 is 22.8 Å². The van der Waals surface area contributed by atoms with Gasteiger partial charge >= 0.3 is 5.69 Å². The average molecular weight is 362 g/mol. The summed E-state index contributed by atoms with van der Waals surface area (Å²) in [7, 11) is 0. The number of aromatic amines is 2. The van der Waals surface area contributed by atoms with Crippen LogP contribution in [0.1, 0.15) is 11.6 Å². The molecule has 0 aliphatic rings. The number of benzene rings is 2. The number of carbonyl (C=O) groups is 1. The Morgan fingerprint density at radius 3 is 2.52 bits per heavy atom. The van der Waals surface area contributed by atoms with Crippen LogP contribution < -0.4 is 16.6 Å². The number of fused-ring (bicyclic) bond motifs is 1. The van der Waals surface area contributed by atoms with Gasteiger partial charge in [-0.05, 0) is 17.7 Å². The monoisotopic (exact) mass is 362 g/mol. The maximum absolute atomic E-state index is 13.0. The Bertz CT molecular complexity index is 1210. The van der Waals surface area contributed by atoms with Gasteiger partial charge in [0.05, 0.1) is 10.9 Å². The van der Waals surface area contributed by atoms with Gasteiger partial charge in [-0.25, -0.2) is 14.5 Å². The van der Waals surface area contributed by atoms with Gasteiger partial charge in [0.15, 0.2) is 0 Å². The third kappa shape index (κ3) is 3.01. The molecule has 0 radical (unpaired) electrons. The van der Waals surface area contributed by atoms with Crippen LogP contribution >= 0.6 is 0 Å². The Morgan fingerprint density at radius 1 is 1.04 bits per heavy atom. The lowest BCUT2D eigenvalue weighted by Gasteiger charge is -2.18. The summed E-state index contributed by atoms with van der Waals surface area (Å²) < 4.78 is 0.906. The largest absolute Gasteiger partial charge is 0.329 e. The summed E-state index contributed by atoms with van der Waals surface area (Å²) in [5, 5.41) is 9.04. The predicted molar refractivity (Wildman–Crippen MR) is 98.4 cm³/mol. The number of hydrogen-bond acceptors (Lipinski definition) is 5. The van der Waals surface area contributed by atoms with Crippen molar-refractivity contribution in [3.63, 3.8) is 0 Å².